The van der Waals surface area contributed by atoms with E-state index in [-0.39, 0.29) is 11.8 Å². The number of nitrogens with zero attached hydrogens (tertiary/aromatic N) is 3. The molecule has 0 aliphatic carbocycles. The number of fused-ring (bicyclic) bond motifs is 1. The fraction of sp³-hybridized carbons (Fsp3) is 0.450. The first kappa shape index (κ1) is 18.3. The third kappa shape index (κ3) is 4.19. The van der Waals surface area contributed by atoms with Crippen LogP contribution in [-0.2, 0) is 24.3 Å². The molecule has 1 aliphatic rings. The first-order valence-corrected chi connectivity index (χ1v) is 8.89. The predicted molar refractivity (Wildman–Crippen MR) is 97.5 cm³/mol. The highest BCUT2D eigenvalue weighted by molar-refractivity contribution is 5.81. The lowest BCUT2D eigenvalue weighted by atomic mass is 10.1. The number of ether oxygens (including phenoxy) is 1. The molecule has 0 spiro atoms. The largest absolute Gasteiger partial charge is 0.497 e. The molecule has 1 amide bonds. The quantitative estimate of drug-likeness (QED) is 0.861. The Morgan fingerprint density at radius 3 is 2.65 bits per heavy atom. The summed E-state index contributed by atoms with van der Waals surface area (Å²) in [5.74, 6) is 1.59. The summed E-state index contributed by atoms with van der Waals surface area (Å²) >= 11 is 0. The van der Waals surface area contributed by atoms with Crippen LogP contribution in [-0.4, -0.2) is 39.1 Å². The Kier molecular flexibility index (Phi) is 5.52. The fourth-order valence-corrected chi connectivity index (χ4v) is 3.12. The number of hydrogen-bond donors (Lipinski definition) is 1. The van der Waals surface area contributed by atoms with Gasteiger partial charge in [0, 0.05) is 24.7 Å². The number of rotatable bonds is 6. The topological polar surface area (TPSA) is 75.6 Å². The molecule has 0 fully saturated rings. The normalized spacial score (nSPS) is 14.4. The number of methoxy groups -OCH3 is 1. The standard InChI is InChI=1S/C20H25N3O3/c1-13(2)8-18(24)20(25)23-11-15-10-21-19(22-17(15)12-23)9-14-4-6-16(26-3)7-5-14/h4-7,10,13,18,24H,8-9,11-12H2,1-3H3/t18-/m1/s1. The molecule has 1 aromatic heterocycles. The molecule has 1 aliphatic heterocycles. The van der Waals surface area contributed by atoms with Gasteiger partial charge in [-0.3, -0.25) is 4.79 Å². The molecule has 1 atom stereocenters. The smallest absolute Gasteiger partial charge is 0.252 e. The molecule has 0 radical (unpaired) electrons. The van der Waals surface area contributed by atoms with E-state index >= 15 is 0 Å². The summed E-state index contributed by atoms with van der Waals surface area (Å²) in [5.41, 5.74) is 2.92. The van der Waals surface area contributed by atoms with Crippen molar-refractivity contribution >= 4 is 5.91 Å². The number of carbonyl (C=O) groups is 1. The lowest BCUT2D eigenvalue weighted by molar-refractivity contribution is -0.141. The first-order chi connectivity index (χ1) is 12.5. The highest BCUT2D eigenvalue weighted by Gasteiger charge is 2.29. The zero-order valence-corrected chi connectivity index (χ0v) is 15.5. The van der Waals surface area contributed by atoms with Crippen molar-refractivity contribution in [1.82, 2.24) is 14.9 Å². The van der Waals surface area contributed by atoms with Crippen molar-refractivity contribution in [3.63, 3.8) is 0 Å². The second-order valence-corrected chi connectivity index (χ2v) is 7.12. The van der Waals surface area contributed by atoms with Crippen molar-refractivity contribution in [2.75, 3.05) is 7.11 Å². The van der Waals surface area contributed by atoms with Crippen LogP contribution >= 0.6 is 0 Å². The molecule has 1 N–H and O–H groups in total. The molecule has 138 valence electrons. The van der Waals surface area contributed by atoms with Gasteiger partial charge in [0.25, 0.3) is 5.91 Å². The van der Waals surface area contributed by atoms with Crippen molar-refractivity contribution in [3.05, 3.63) is 53.1 Å². The molecule has 0 bridgehead atoms. The zero-order chi connectivity index (χ0) is 18.7. The van der Waals surface area contributed by atoms with Crippen LogP contribution in [0.2, 0.25) is 0 Å². The Morgan fingerprint density at radius 2 is 2.00 bits per heavy atom. The predicted octanol–water partition coefficient (Wildman–Crippen LogP) is 2.33. The summed E-state index contributed by atoms with van der Waals surface area (Å²) in [6, 6.07) is 7.82. The van der Waals surface area contributed by atoms with Gasteiger partial charge in [0.05, 0.1) is 19.3 Å². The molecule has 6 nitrogen and oxygen atoms in total. The van der Waals surface area contributed by atoms with Crippen LogP contribution in [0.1, 0.15) is 42.9 Å². The van der Waals surface area contributed by atoms with Crippen LogP contribution in [0.4, 0.5) is 0 Å². The maximum absolute atomic E-state index is 12.4. The molecule has 2 heterocycles. The minimum Gasteiger partial charge on any atom is -0.497 e. The van der Waals surface area contributed by atoms with Crippen molar-refractivity contribution < 1.29 is 14.6 Å². The maximum atomic E-state index is 12.4. The van der Waals surface area contributed by atoms with E-state index in [1.807, 2.05) is 38.1 Å². The average molecular weight is 355 g/mol. The third-order valence-corrected chi connectivity index (χ3v) is 4.52. The van der Waals surface area contributed by atoms with Gasteiger partial charge >= 0.3 is 0 Å². The van der Waals surface area contributed by atoms with Gasteiger partial charge in [-0.2, -0.15) is 0 Å². The molecule has 1 aromatic carbocycles. The van der Waals surface area contributed by atoms with E-state index in [2.05, 4.69) is 9.97 Å². The van der Waals surface area contributed by atoms with Crippen molar-refractivity contribution in [2.45, 2.75) is 45.9 Å². The van der Waals surface area contributed by atoms with Gasteiger partial charge in [-0.25, -0.2) is 9.97 Å². The second-order valence-electron chi connectivity index (χ2n) is 7.12. The SMILES string of the molecule is COc1ccc(Cc2ncc3c(n2)CN(C(=O)[C@H](O)CC(C)C)C3)cc1. The van der Waals surface area contributed by atoms with E-state index in [0.29, 0.717) is 25.9 Å². The van der Waals surface area contributed by atoms with E-state index < -0.39 is 6.10 Å². The lowest BCUT2D eigenvalue weighted by Gasteiger charge is -2.20. The first-order valence-electron chi connectivity index (χ1n) is 8.89. The summed E-state index contributed by atoms with van der Waals surface area (Å²) in [7, 11) is 1.64. The maximum Gasteiger partial charge on any atom is 0.252 e. The van der Waals surface area contributed by atoms with Crippen LogP contribution in [0.25, 0.3) is 0 Å². The molecule has 2 aromatic rings. The Labute approximate surface area is 153 Å². The molecule has 0 saturated heterocycles. The number of aromatic nitrogens is 2. The molecular weight excluding hydrogens is 330 g/mol. The van der Waals surface area contributed by atoms with Crippen LogP contribution in [0.5, 0.6) is 5.75 Å². The second kappa shape index (κ2) is 7.83. The van der Waals surface area contributed by atoms with Gasteiger partial charge < -0.3 is 14.7 Å². The Balaban J connectivity index is 1.66. The monoisotopic (exact) mass is 355 g/mol. The summed E-state index contributed by atoms with van der Waals surface area (Å²) in [4.78, 5) is 23.1. The number of carbonyl (C=O) groups excluding carboxylic acids is 1. The molecule has 0 saturated carbocycles. The fourth-order valence-electron chi connectivity index (χ4n) is 3.12. The third-order valence-electron chi connectivity index (χ3n) is 4.52. The van der Waals surface area contributed by atoms with Crippen LogP contribution in [0.3, 0.4) is 0 Å². The zero-order valence-electron chi connectivity index (χ0n) is 15.5. The lowest BCUT2D eigenvalue weighted by Crippen LogP contribution is -2.36. The van der Waals surface area contributed by atoms with Crippen LogP contribution < -0.4 is 4.74 Å². The molecule has 6 heteroatoms. The van der Waals surface area contributed by atoms with Crippen molar-refractivity contribution in [3.8, 4) is 5.75 Å². The average Bonchev–Trinajstić information content (AvgIpc) is 3.04. The minimum atomic E-state index is -0.948. The van der Waals surface area contributed by atoms with E-state index in [1.165, 1.54) is 0 Å². The van der Waals surface area contributed by atoms with Crippen LogP contribution in [0, 0.1) is 5.92 Å². The van der Waals surface area contributed by atoms with Crippen LogP contribution in [0.15, 0.2) is 30.5 Å². The Morgan fingerprint density at radius 1 is 1.27 bits per heavy atom. The van der Waals surface area contributed by atoms with Crippen molar-refractivity contribution in [2.24, 2.45) is 5.92 Å². The van der Waals surface area contributed by atoms with Gasteiger partial charge in [-0.1, -0.05) is 26.0 Å². The number of amides is 1. The molecular formula is C20H25N3O3. The van der Waals surface area contributed by atoms with Gasteiger partial charge in [0.15, 0.2) is 0 Å². The highest BCUT2D eigenvalue weighted by atomic mass is 16.5. The Hall–Kier alpha value is -2.47. The summed E-state index contributed by atoms with van der Waals surface area (Å²) in [6.07, 6.45) is 1.95. The van der Waals surface area contributed by atoms with E-state index in [9.17, 15) is 9.90 Å². The van der Waals surface area contributed by atoms with Gasteiger partial charge in [0.1, 0.15) is 17.7 Å². The number of aliphatic hydroxyl groups is 1. The van der Waals surface area contributed by atoms with E-state index in [0.717, 1.165) is 28.4 Å². The van der Waals surface area contributed by atoms with Gasteiger partial charge in [-0.15, -0.1) is 0 Å². The van der Waals surface area contributed by atoms with Gasteiger partial charge in [-0.05, 0) is 30.0 Å². The summed E-state index contributed by atoms with van der Waals surface area (Å²) in [6.45, 7) is 4.88. The number of benzene rings is 1. The minimum absolute atomic E-state index is 0.228. The van der Waals surface area contributed by atoms with Crippen molar-refractivity contribution in [1.29, 1.82) is 0 Å². The number of hydrogen-bond acceptors (Lipinski definition) is 5. The summed E-state index contributed by atoms with van der Waals surface area (Å²) in [5, 5.41) is 10.1. The summed E-state index contributed by atoms with van der Waals surface area (Å²) < 4.78 is 5.17. The highest BCUT2D eigenvalue weighted by Crippen LogP contribution is 2.23. The Bertz CT molecular complexity index is 774. The van der Waals surface area contributed by atoms with E-state index in [4.69, 9.17) is 4.74 Å². The molecule has 0 unspecified atom stereocenters. The number of aliphatic hydroxyl groups excluding tert-OH is 1. The molecule has 26 heavy (non-hydrogen) atoms. The van der Waals surface area contributed by atoms with Gasteiger partial charge in [0.2, 0.25) is 0 Å². The van der Waals surface area contributed by atoms with E-state index in [1.54, 1.807) is 18.2 Å². The molecule has 3 rings (SSSR count).